The Hall–Kier alpha value is -0.770. The van der Waals surface area contributed by atoms with Crippen LogP contribution in [0.5, 0.6) is 0 Å². The Kier molecular flexibility index (Phi) is 3.37. The summed E-state index contributed by atoms with van der Waals surface area (Å²) in [6.45, 7) is 7.43. The van der Waals surface area contributed by atoms with E-state index in [1.165, 1.54) is 0 Å². The minimum Gasteiger partial charge on any atom is -0.333 e. The summed E-state index contributed by atoms with van der Waals surface area (Å²) < 4.78 is 0. The van der Waals surface area contributed by atoms with E-state index in [1.54, 1.807) is 4.90 Å². The summed E-state index contributed by atoms with van der Waals surface area (Å²) in [5, 5.41) is 2.96. The normalized spacial score (nSPS) is 22.7. The van der Waals surface area contributed by atoms with Gasteiger partial charge in [-0.25, -0.2) is 4.79 Å². The van der Waals surface area contributed by atoms with Crippen LogP contribution in [0.2, 0.25) is 0 Å². The third kappa shape index (κ3) is 3.18. The highest BCUT2D eigenvalue weighted by Gasteiger charge is 2.30. The maximum atomic E-state index is 11.5. The van der Waals surface area contributed by atoms with Crippen LogP contribution in [0.25, 0.3) is 0 Å². The molecule has 1 aliphatic heterocycles. The van der Waals surface area contributed by atoms with Gasteiger partial charge in [0.05, 0.1) is 0 Å². The first-order valence-electron chi connectivity index (χ1n) is 5.26. The monoisotopic (exact) mass is 199 g/mol. The minimum atomic E-state index is -0.307. The molecule has 0 saturated carbocycles. The van der Waals surface area contributed by atoms with Gasteiger partial charge in [0.1, 0.15) is 0 Å². The molecule has 0 radical (unpaired) electrons. The third-order valence-electron chi connectivity index (χ3n) is 2.29. The van der Waals surface area contributed by atoms with Crippen molar-refractivity contribution in [2.75, 3.05) is 13.1 Å². The highest BCUT2D eigenvalue weighted by atomic mass is 16.2. The first kappa shape index (κ1) is 11.3. The van der Waals surface area contributed by atoms with Gasteiger partial charge in [0.2, 0.25) is 0 Å². The van der Waals surface area contributed by atoms with Crippen LogP contribution in [-0.4, -0.2) is 35.6 Å². The predicted octanol–water partition coefficient (Wildman–Crippen LogP) is 0.918. The molecule has 1 rings (SSSR count). The molecule has 0 aromatic carbocycles. The first-order valence-corrected chi connectivity index (χ1v) is 5.26. The van der Waals surface area contributed by atoms with E-state index in [1.807, 2.05) is 13.8 Å². The summed E-state index contributed by atoms with van der Waals surface area (Å²) in [7, 11) is 0. The van der Waals surface area contributed by atoms with Crippen molar-refractivity contribution in [1.82, 2.24) is 10.2 Å². The zero-order chi connectivity index (χ0) is 10.8. The number of carbonyl (C=O) groups is 1. The van der Waals surface area contributed by atoms with E-state index >= 15 is 0 Å². The minimum absolute atomic E-state index is 0.0296. The van der Waals surface area contributed by atoms with Crippen molar-refractivity contribution in [3.8, 4) is 0 Å². The van der Waals surface area contributed by atoms with Crippen molar-refractivity contribution in [2.45, 2.75) is 45.2 Å². The number of hydrogen-bond acceptors (Lipinski definition) is 2. The molecule has 1 aliphatic rings. The molecule has 1 heterocycles. The van der Waals surface area contributed by atoms with E-state index in [0.717, 1.165) is 19.4 Å². The molecular weight excluding hydrogens is 178 g/mol. The van der Waals surface area contributed by atoms with E-state index in [0.29, 0.717) is 12.6 Å². The van der Waals surface area contributed by atoms with Crippen molar-refractivity contribution >= 4 is 6.03 Å². The lowest BCUT2D eigenvalue weighted by Gasteiger charge is -2.25. The molecule has 0 aromatic rings. The number of urea groups is 1. The van der Waals surface area contributed by atoms with Crippen molar-refractivity contribution < 1.29 is 4.79 Å². The Morgan fingerprint density at radius 3 is 2.79 bits per heavy atom. The van der Waals surface area contributed by atoms with Crippen LogP contribution in [0.15, 0.2) is 0 Å². The van der Waals surface area contributed by atoms with Gasteiger partial charge in [-0.15, -0.1) is 0 Å². The fourth-order valence-electron chi connectivity index (χ4n) is 1.80. The first-order chi connectivity index (χ1) is 6.42. The van der Waals surface area contributed by atoms with Crippen LogP contribution in [0, 0.1) is 0 Å². The lowest BCUT2D eigenvalue weighted by Crippen LogP contribution is -2.46. The Balaban J connectivity index is 2.45. The van der Waals surface area contributed by atoms with E-state index in [4.69, 9.17) is 5.73 Å². The molecule has 1 unspecified atom stereocenters. The van der Waals surface area contributed by atoms with Crippen molar-refractivity contribution in [2.24, 2.45) is 5.73 Å². The van der Waals surface area contributed by atoms with E-state index in [2.05, 4.69) is 12.2 Å². The molecule has 1 fully saturated rings. The second-order valence-corrected chi connectivity index (χ2v) is 4.80. The average molecular weight is 199 g/mol. The lowest BCUT2D eigenvalue weighted by atomic mass is 10.1. The Morgan fingerprint density at radius 1 is 1.64 bits per heavy atom. The number of nitrogens with two attached hydrogens (primary N) is 1. The second kappa shape index (κ2) is 4.17. The van der Waals surface area contributed by atoms with E-state index < -0.39 is 0 Å². The van der Waals surface area contributed by atoms with Crippen molar-refractivity contribution in [1.29, 1.82) is 0 Å². The van der Waals surface area contributed by atoms with Gasteiger partial charge in [0, 0.05) is 24.7 Å². The summed E-state index contributed by atoms with van der Waals surface area (Å²) in [6, 6.07) is 0.344. The van der Waals surface area contributed by atoms with E-state index in [-0.39, 0.29) is 11.6 Å². The number of rotatable bonds is 4. The van der Waals surface area contributed by atoms with Gasteiger partial charge < -0.3 is 16.0 Å². The van der Waals surface area contributed by atoms with Gasteiger partial charge >= 0.3 is 6.03 Å². The molecule has 1 atom stereocenters. The average Bonchev–Trinajstić information content (AvgIpc) is 2.29. The van der Waals surface area contributed by atoms with Crippen LogP contribution >= 0.6 is 0 Å². The predicted molar refractivity (Wildman–Crippen MR) is 57.1 cm³/mol. The summed E-state index contributed by atoms with van der Waals surface area (Å²) in [5.74, 6) is 0. The summed E-state index contributed by atoms with van der Waals surface area (Å²) in [4.78, 5) is 13.3. The zero-order valence-corrected chi connectivity index (χ0v) is 9.34. The summed E-state index contributed by atoms with van der Waals surface area (Å²) in [6.07, 6.45) is 2.15. The highest BCUT2D eigenvalue weighted by Crippen LogP contribution is 2.11. The van der Waals surface area contributed by atoms with Gasteiger partial charge in [-0.1, -0.05) is 13.3 Å². The smallest absolute Gasteiger partial charge is 0.317 e. The Morgan fingerprint density at radius 2 is 2.29 bits per heavy atom. The van der Waals surface area contributed by atoms with Crippen LogP contribution < -0.4 is 11.1 Å². The summed E-state index contributed by atoms with van der Waals surface area (Å²) in [5.41, 5.74) is 5.57. The molecule has 0 aliphatic carbocycles. The third-order valence-corrected chi connectivity index (χ3v) is 2.29. The fourth-order valence-corrected chi connectivity index (χ4v) is 1.80. The molecule has 1 saturated heterocycles. The number of nitrogens with one attached hydrogen (secondary N) is 1. The van der Waals surface area contributed by atoms with Gasteiger partial charge in [-0.3, -0.25) is 0 Å². The molecule has 4 nitrogen and oxygen atoms in total. The molecular formula is C10H21N3O. The van der Waals surface area contributed by atoms with Crippen molar-refractivity contribution in [3.63, 3.8) is 0 Å². The van der Waals surface area contributed by atoms with Gasteiger partial charge in [0.25, 0.3) is 0 Å². The quantitative estimate of drug-likeness (QED) is 0.707. The SMILES string of the molecule is CCCC1CN(CC(C)(C)N)C(=O)N1. The maximum absolute atomic E-state index is 11.5. The number of hydrogen-bond donors (Lipinski definition) is 2. The largest absolute Gasteiger partial charge is 0.333 e. The molecule has 82 valence electrons. The van der Waals surface area contributed by atoms with Gasteiger partial charge in [0.15, 0.2) is 0 Å². The number of nitrogens with zero attached hydrogens (tertiary/aromatic N) is 1. The van der Waals surface area contributed by atoms with Crippen LogP contribution in [0.4, 0.5) is 4.79 Å². The highest BCUT2D eigenvalue weighted by molar-refractivity contribution is 5.77. The maximum Gasteiger partial charge on any atom is 0.317 e. The standard InChI is InChI=1S/C10H21N3O/c1-4-5-8-6-13(9(14)12-8)7-10(2,3)11/h8H,4-7,11H2,1-3H3,(H,12,14). The van der Waals surface area contributed by atoms with Gasteiger partial charge in [-0.05, 0) is 20.3 Å². The second-order valence-electron chi connectivity index (χ2n) is 4.80. The van der Waals surface area contributed by atoms with Crippen LogP contribution in [-0.2, 0) is 0 Å². The topological polar surface area (TPSA) is 58.4 Å². The number of amides is 2. The Labute approximate surface area is 85.8 Å². The molecule has 0 aromatic heterocycles. The van der Waals surface area contributed by atoms with E-state index in [9.17, 15) is 4.79 Å². The van der Waals surface area contributed by atoms with Gasteiger partial charge in [-0.2, -0.15) is 0 Å². The summed E-state index contributed by atoms with van der Waals surface area (Å²) >= 11 is 0. The molecule has 3 N–H and O–H groups in total. The van der Waals surface area contributed by atoms with Crippen LogP contribution in [0.3, 0.4) is 0 Å². The Bertz CT molecular complexity index is 210. The number of carbonyl (C=O) groups excluding carboxylic acids is 1. The zero-order valence-electron chi connectivity index (χ0n) is 9.34. The lowest BCUT2D eigenvalue weighted by molar-refractivity contribution is 0.207. The van der Waals surface area contributed by atoms with Crippen molar-refractivity contribution in [3.05, 3.63) is 0 Å². The fraction of sp³-hybridized carbons (Fsp3) is 0.900. The molecule has 4 heteroatoms. The molecule has 2 amide bonds. The molecule has 0 spiro atoms. The molecule has 0 bridgehead atoms. The van der Waals surface area contributed by atoms with Crippen LogP contribution in [0.1, 0.15) is 33.6 Å². The molecule has 14 heavy (non-hydrogen) atoms.